The Morgan fingerprint density at radius 2 is 1.91 bits per heavy atom. The predicted octanol–water partition coefficient (Wildman–Crippen LogP) is 3.92. The van der Waals surface area contributed by atoms with Gasteiger partial charge in [-0.25, -0.2) is 4.39 Å². The monoisotopic (exact) mass is 324 g/mol. The highest BCUT2D eigenvalue weighted by atomic mass is 35.5. The summed E-state index contributed by atoms with van der Waals surface area (Å²) < 4.78 is 12.9. The molecule has 0 radical (unpaired) electrons. The number of rotatable bonds is 5. The summed E-state index contributed by atoms with van der Waals surface area (Å²) in [7, 11) is 0. The standard InChI is InChI=1S/C15H14ClFN2O3/c1-9(15(20)10-2-4-11(17)5-3-10)18-14-7-6-12(19(21)22)8-13(14)16/h2-9,15,18,20H,1H3. The van der Waals surface area contributed by atoms with Crippen LogP contribution in [0.5, 0.6) is 0 Å². The Bertz CT molecular complexity index is 679. The van der Waals surface area contributed by atoms with Crippen LogP contribution in [0.3, 0.4) is 0 Å². The lowest BCUT2D eigenvalue weighted by atomic mass is 10.0. The molecule has 0 spiro atoms. The molecule has 0 amide bonds. The predicted molar refractivity (Wildman–Crippen MR) is 82.6 cm³/mol. The fourth-order valence-electron chi connectivity index (χ4n) is 2.01. The summed E-state index contributed by atoms with van der Waals surface area (Å²) in [6.07, 6.45) is -0.883. The smallest absolute Gasteiger partial charge is 0.271 e. The number of benzene rings is 2. The van der Waals surface area contributed by atoms with E-state index in [1.807, 2.05) is 0 Å². The molecule has 2 aromatic carbocycles. The Balaban J connectivity index is 2.12. The molecular weight excluding hydrogens is 311 g/mol. The lowest BCUT2D eigenvalue weighted by molar-refractivity contribution is -0.384. The van der Waals surface area contributed by atoms with E-state index in [-0.39, 0.29) is 16.5 Å². The fourth-order valence-corrected chi connectivity index (χ4v) is 2.24. The van der Waals surface area contributed by atoms with Crippen LogP contribution in [0.2, 0.25) is 5.02 Å². The molecule has 0 fully saturated rings. The van der Waals surface area contributed by atoms with Crippen LogP contribution in [0.1, 0.15) is 18.6 Å². The van der Waals surface area contributed by atoms with E-state index in [9.17, 15) is 19.6 Å². The number of anilines is 1. The maximum absolute atomic E-state index is 12.9. The Kier molecular flexibility index (Phi) is 4.95. The van der Waals surface area contributed by atoms with Crippen molar-refractivity contribution < 1.29 is 14.4 Å². The van der Waals surface area contributed by atoms with Gasteiger partial charge in [0.15, 0.2) is 0 Å². The highest BCUT2D eigenvalue weighted by Crippen LogP contribution is 2.29. The summed E-state index contributed by atoms with van der Waals surface area (Å²) in [6, 6.07) is 9.14. The van der Waals surface area contributed by atoms with Gasteiger partial charge in [-0.2, -0.15) is 0 Å². The van der Waals surface area contributed by atoms with Gasteiger partial charge in [-0.1, -0.05) is 23.7 Å². The van der Waals surface area contributed by atoms with Crippen molar-refractivity contribution in [2.24, 2.45) is 0 Å². The van der Waals surface area contributed by atoms with E-state index in [4.69, 9.17) is 11.6 Å². The first-order valence-corrected chi connectivity index (χ1v) is 6.90. The van der Waals surface area contributed by atoms with Gasteiger partial charge in [-0.05, 0) is 30.7 Å². The van der Waals surface area contributed by atoms with Crippen molar-refractivity contribution in [1.82, 2.24) is 0 Å². The van der Waals surface area contributed by atoms with Gasteiger partial charge in [0, 0.05) is 12.1 Å². The molecule has 5 nitrogen and oxygen atoms in total. The number of aliphatic hydroxyl groups is 1. The number of nitrogens with one attached hydrogen (secondary N) is 1. The number of halogens is 2. The number of nitro groups is 1. The number of hydrogen-bond acceptors (Lipinski definition) is 4. The summed E-state index contributed by atoms with van der Waals surface area (Å²) in [4.78, 5) is 10.1. The molecule has 0 aliphatic rings. The molecule has 0 saturated heterocycles. The van der Waals surface area contributed by atoms with E-state index in [0.29, 0.717) is 11.3 Å². The van der Waals surface area contributed by atoms with Crippen molar-refractivity contribution in [3.8, 4) is 0 Å². The number of hydrogen-bond donors (Lipinski definition) is 2. The molecule has 0 saturated carbocycles. The highest BCUT2D eigenvalue weighted by Gasteiger charge is 2.18. The summed E-state index contributed by atoms with van der Waals surface area (Å²) >= 11 is 5.99. The second kappa shape index (κ2) is 6.72. The van der Waals surface area contributed by atoms with Crippen molar-refractivity contribution in [2.45, 2.75) is 19.1 Å². The molecule has 2 N–H and O–H groups in total. The summed E-state index contributed by atoms with van der Waals surface area (Å²) in [6.45, 7) is 1.73. The van der Waals surface area contributed by atoms with Crippen molar-refractivity contribution in [2.75, 3.05) is 5.32 Å². The van der Waals surface area contributed by atoms with Gasteiger partial charge < -0.3 is 10.4 Å². The molecule has 0 aliphatic heterocycles. The summed E-state index contributed by atoms with van der Waals surface area (Å²) in [5.41, 5.74) is 0.919. The number of nitro benzene ring substituents is 1. The minimum Gasteiger partial charge on any atom is -0.386 e. The van der Waals surface area contributed by atoms with Crippen molar-refractivity contribution in [3.63, 3.8) is 0 Å². The first-order chi connectivity index (χ1) is 10.4. The van der Waals surface area contributed by atoms with Crippen molar-refractivity contribution in [3.05, 3.63) is 69.0 Å². The van der Waals surface area contributed by atoms with Gasteiger partial charge in [0.05, 0.1) is 27.8 Å². The van der Waals surface area contributed by atoms with Crippen LogP contribution in [0.4, 0.5) is 15.8 Å². The van der Waals surface area contributed by atoms with Crippen LogP contribution in [-0.2, 0) is 0 Å². The SMILES string of the molecule is CC(Nc1ccc([N+](=O)[O-])cc1Cl)C(O)c1ccc(F)cc1. The molecule has 2 rings (SSSR count). The average Bonchev–Trinajstić information content (AvgIpc) is 2.49. The minimum atomic E-state index is -0.883. The van der Waals surface area contributed by atoms with E-state index in [1.54, 1.807) is 6.92 Å². The quantitative estimate of drug-likeness (QED) is 0.645. The first kappa shape index (κ1) is 16.2. The topological polar surface area (TPSA) is 75.4 Å². The molecule has 0 heterocycles. The maximum atomic E-state index is 12.9. The molecule has 0 bridgehead atoms. The molecule has 2 unspecified atom stereocenters. The normalized spacial score (nSPS) is 13.5. The van der Waals surface area contributed by atoms with Gasteiger partial charge in [-0.3, -0.25) is 10.1 Å². The Hall–Kier alpha value is -2.18. The van der Waals surface area contributed by atoms with Crippen LogP contribution >= 0.6 is 11.6 Å². The minimum absolute atomic E-state index is 0.109. The first-order valence-electron chi connectivity index (χ1n) is 6.52. The lowest BCUT2D eigenvalue weighted by Crippen LogP contribution is -2.24. The number of aliphatic hydroxyl groups excluding tert-OH is 1. The maximum Gasteiger partial charge on any atom is 0.271 e. The molecule has 0 aliphatic carbocycles. The van der Waals surface area contributed by atoms with Gasteiger partial charge >= 0.3 is 0 Å². The highest BCUT2D eigenvalue weighted by molar-refractivity contribution is 6.33. The zero-order valence-corrected chi connectivity index (χ0v) is 12.4. The second-order valence-electron chi connectivity index (χ2n) is 4.85. The summed E-state index contributed by atoms with van der Waals surface area (Å²) in [5.74, 6) is -0.380. The molecule has 2 aromatic rings. The third kappa shape index (κ3) is 3.72. The van der Waals surface area contributed by atoms with E-state index in [0.717, 1.165) is 0 Å². The third-order valence-corrected chi connectivity index (χ3v) is 3.54. The Morgan fingerprint density at radius 1 is 1.27 bits per heavy atom. The molecular formula is C15H14ClFN2O3. The zero-order chi connectivity index (χ0) is 16.3. The van der Waals surface area contributed by atoms with Crippen LogP contribution in [0.15, 0.2) is 42.5 Å². The number of non-ortho nitro benzene ring substituents is 1. The molecule has 7 heteroatoms. The molecule has 2 atom stereocenters. The van der Waals surface area contributed by atoms with Gasteiger partial charge in [0.2, 0.25) is 0 Å². The zero-order valence-electron chi connectivity index (χ0n) is 11.7. The fraction of sp³-hybridized carbons (Fsp3) is 0.200. The van der Waals surface area contributed by atoms with Gasteiger partial charge in [0.25, 0.3) is 5.69 Å². The van der Waals surface area contributed by atoms with E-state index in [1.165, 1.54) is 42.5 Å². The Morgan fingerprint density at radius 3 is 2.45 bits per heavy atom. The van der Waals surface area contributed by atoms with Crippen molar-refractivity contribution in [1.29, 1.82) is 0 Å². The van der Waals surface area contributed by atoms with Gasteiger partial charge in [0.1, 0.15) is 5.82 Å². The van der Waals surface area contributed by atoms with Crippen LogP contribution in [-0.4, -0.2) is 16.1 Å². The molecule has 0 aromatic heterocycles. The molecule has 22 heavy (non-hydrogen) atoms. The average molecular weight is 325 g/mol. The molecule has 116 valence electrons. The Labute approximate surface area is 131 Å². The van der Waals surface area contributed by atoms with Crippen molar-refractivity contribution >= 4 is 23.0 Å². The largest absolute Gasteiger partial charge is 0.386 e. The van der Waals surface area contributed by atoms with E-state index < -0.39 is 17.1 Å². The third-order valence-electron chi connectivity index (χ3n) is 3.23. The lowest BCUT2D eigenvalue weighted by Gasteiger charge is -2.22. The van der Waals surface area contributed by atoms with Crippen LogP contribution in [0.25, 0.3) is 0 Å². The second-order valence-corrected chi connectivity index (χ2v) is 5.26. The number of nitrogens with zero attached hydrogens (tertiary/aromatic N) is 1. The van der Waals surface area contributed by atoms with Gasteiger partial charge in [-0.15, -0.1) is 0 Å². The van der Waals surface area contributed by atoms with Crippen LogP contribution in [0, 0.1) is 15.9 Å². The van der Waals surface area contributed by atoms with E-state index >= 15 is 0 Å². The summed E-state index contributed by atoms with van der Waals surface area (Å²) in [5, 5.41) is 24.1. The van der Waals surface area contributed by atoms with Crippen LogP contribution < -0.4 is 5.32 Å². The van der Waals surface area contributed by atoms with E-state index in [2.05, 4.69) is 5.32 Å².